The molecular formula is C21H22N4O4S. The second-order valence-electron chi connectivity index (χ2n) is 6.43. The lowest BCUT2D eigenvalue weighted by Gasteiger charge is -2.09. The van der Waals surface area contributed by atoms with Gasteiger partial charge in [-0.3, -0.25) is 4.79 Å². The summed E-state index contributed by atoms with van der Waals surface area (Å²) in [6, 6.07) is 14.4. The third kappa shape index (κ3) is 5.38. The molecule has 0 atom stereocenters. The van der Waals surface area contributed by atoms with Gasteiger partial charge in [0.25, 0.3) is 0 Å². The van der Waals surface area contributed by atoms with Crippen LogP contribution in [0.5, 0.6) is 5.75 Å². The molecule has 30 heavy (non-hydrogen) atoms. The normalized spacial score (nSPS) is 10.5. The zero-order chi connectivity index (χ0) is 21.5. The highest BCUT2D eigenvalue weighted by Gasteiger charge is 2.15. The predicted octanol–water partition coefficient (Wildman–Crippen LogP) is 3.22. The molecule has 1 aromatic heterocycles. The summed E-state index contributed by atoms with van der Waals surface area (Å²) >= 11 is 1.24. The number of methoxy groups -OCH3 is 1. The second-order valence-corrected chi connectivity index (χ2v) is 7.38. The quantitative estimate of drug-likeness (QED) is 0.436. The SMILES string of the molecule is COC(=O)c1ccccc1NC(=O)CSc1nnc(COc2ccc(C)cc2)n1C. The predicted molar refractivity (Wildman–Crippen MR) is 114 cm³/mol. The molecule has 1 amide bonds. The molecule has 3 aromatic rings. The van der Waals surface area contributed by atoms with E-state index < -0.39 is 5.97 Å². The molecule has 0 spiro atoms. The largest absolute Gasteiger partial charge is 0.486 e. The van der Waals surface area contributed by atoms with Crippen LogP contribution in [0.3, 0.4) is 0 Å². The van der Waals surface area contributed by atoms with E-state index in [2.05, 4.69) is 15.5 Å². The van der Waals surface area contributed by atoms with Crippen LogP contribution in [0.4, 0.5) is 5.69 Å². The van der Waals surface area contributed by atoms with Gasteiger partial charge in [0.15, 0.2) is 11.0 Å². The van der Waals surface area contributed by atoms with Crippen LogP contribution in [0.1, 0.15) is 21.7 Å². The van der Waals surface area contributed by atoms with E-state index in [1.807, 2.05) is 38.2 Å². The van der Waals surface area contributed by atoms with E-state index in [0.717, 1.165) is 11.3 Å². The highest BCUT2D eigenvalue weighted by molar-refractivity contribution is 7.99. The van der Waals surface area contributed by atoms with Crippen molar-refractivity contribution in [2.24, 2.45) is 7.05 Å². The Balaban J connectivity index is 1.56. The lowest BCUT2D eigenvalue weighted by molar-refractivity contribution is -0.113. The summed E-state index contributed by atoms with van der Waals surface area (Å²) in [5.41, 5.74) is 1.86. The number of amides is 1. The van der Waals surface area contributed by atoms with Gasteiger partial charge in [0.1, 0.15) is 12.4 Å². The minimum atomic E-state index is -0.509. The van der Waals surface area contributed by atoms with E-state index in [-0.39, 0.29) is 18.3 Å². The number of nitrogens with one attached hydrogen (secondary N) is 1. The molecule has 9 heteroatoms. The van der Waals surface area contributed by atoms with E-state index >= 15 is 0 Å². The molecule has 1 heterocycles. The molecule has 156 valence electrons. The first-order valence-electron chi connectivity index (χ1n) is 9.15. The van der Waals surface area contributed by atoms with Crippen LogP contribution in [0, 0.1) is 6.92 Å². The molecule has 0 aliphatic carbocycles. The first-order valence-corrected chi connectivity index (χ1v) is 10.1. The Labute approximate surface area is 178 Å². The third-order valence-corrected chi connectivity index (χ3v) is 5.27. The van der Waals surface area contributed by atoms with Crippen molar-refractivity contribution in [3.05, 3.63) is 65.5 Å². The summed E-state index contributed by atoms with van der Waals surface area (Å²) in [5.74, 6) is 0.734. The summed E-state index contributed by atoms with van der Waals surface area (Å²) in [5, 5.41) is 11.6. The highest BCUT2D eigenvalue weighted by Crippen LogP contribution is 2.20. The summed E-state index contributed by atoms with van der Waals surface area (Å²) in [7, 11) is 3.12. The van der Waals surface area contributed by atoms with E-state index in [1.165, 1.54) is 18.9 Å². The molecular weight excluding hydrogens is 404 g/mol. The number of para-hydroxylation sites is 1. The van der Waals surface area contributed by atoms with Crippen molar-refractivity contribution in [2.45, 2.75) is 18.7 Å². The fourth-order valence-electron chi connectivity index (χ4n) is 2.58. The third-order valence-electron chi connectivity index (χ3n) is 4.25. The van der Waals surface area contributed by atoms with Gasteiger partial charge < -0.3 is 19.4 Å². The van der Waals surface area contributed by atoms with E-state index in [9.17, 15) is 9.59 Å². The number of rotatable bonds is 8. The molecule has 0 fully saturated rings. The number of hydrogen-bond donors (Lipinski definition) is 1. The average Bonchev–Trinajstić information content (AvgIpc) is 3.11. The lowest BCUT2D eigenvalue weighted by Crippen LogP contribution is -2.17. The van der Waals surface area contributed by atoms with Gasteiger partial charge in [0.05, 0.1) is 24.1 Å². The number of carbonyl (C=O) groups is 2. The number of benzene rings is 2. The van der Waals surface area contributed by atoms with Crippen LogP contribution >= 0.6 is 11.8 Å². The topological polar surface area (TPSA) is 95.3 Å². The van der Waals surface area contributed by atoms with Gasteiger partial charge >= 0.3 is 5.97 Å². The van der Waals surface area contributed by atoms with Crippen molar-refractivity contribution in [1.82, 2.24) is 14.8 Å². The van der Waals surface area contributed by atoms with Gasteiger partial charge in [0, 0.05) is 7.05 Å². The number of nitrogens with zero attached hydrogens (tertiary/aromatic N) is 3. The van der Waals surface area contributed by atoms with Crippen LogP contribution < -0.4 is 10.1 Å². The molecule has 0 saturated carbocycles. The Morgan fingerprint density at radius 2 is 1.83 bits per heavy atom. The number of aryl methyl sites for hydroxylation is 1. The maximum absolute atomic E-state index is 12.3. The van der Waals surface area contributed by atoms with Crippen LogP contribution in [0.15, 0.2) is 53.7 Å². The van der Waals surface area contributed by atoms with Gasteiger partial charge in [-0.2, -0.15) is 0 Å². The average molecular weight is 426 g/mol. The zero-order valence-electron chi connectivity index (χ0n) is 16.9. The molecule has 1 N–H and O–H groups in total. The van der Waals surface area contributed by atoms with Crippen LogP contribution in [-0.2, 0) is 23.2 Å². The van der Waals surface area contributed by atoms with Crippen LogP contribution in [0.2, 0.25) is 0 Å². The smallest absolute Gasteiger partial charge is 0.339 e. The molecule has 0 unspecified atom stereocenters. The Hall–Kier alpha value is -3.33. The monoisotopic (exact) mass is 426 g/mol. The molecule has 8 nitrogen and oxygen atoms in total. The first kappa shape index (κ1) is 21.4. The summed E-state index contributed by atoms with van der Waals surface area (Å²) in [6.07, 6.45) is 0. The van der Waals surface area contributed by atoms with E-state index in [0.29, 0.717) is 22.2 Å². The first-order chi connectivity index (χ1) is 14.5. The molecule has 3 rings (SSSR count). The molecule has 0 saturated heterocycles. The second kappa shape index (κ2) is 9.93. The summed E-state index contributed by atoms with van der Waals surface area (Å²) < 4.78 is 12.3. The fraction of sp³-hybridized carbons (Fsp3) is 0.238. The number of carbonyl (C=O) groups excluding carboxylic acids is 2. The number of esters is 1. The van der Waals surface area contributed by atoms with Gasteiger partial charge in [-0.15, -0.1) is 10.2 Å². The van der Waals surface area contributed by atoms with Crippen molar-refractivity contribution in [3.63, 3.8) is 0 Å². The summed E-state index contributed by atoms with van der Waals surface area (Å²) in [4.78, 5) is 24.2. The van der Waals surface area contributed by atoms with Gasteiger partial charge in [-0.1, -0.05) is 41.6 Å². The number of ether oxygens (including phenoxy) is 2. The number of aromatic nitrogens is 3. The molecule has 2 aromatic carbocycles. The number of anilines is 1. The van der Waals surface area contributed by atoms with Crippen LogP contribution in [-0.4, -0.2) is 39.5 Å². The van der Waals surface area contributed by atoms with Crippen molar-refractivity contribution < 1.29 is 19.1 Å². The maximum Gasteiger partial charge on any atom is 0.339 e. The summed E-state index contributed by atoms with van der Waals surface area (Å²) in [6.45, 7) is 2.28. The van der Waals surface area contributed by atoms with E-state index in [1.54, 1.807) is 28.8 Å². The molecule has 0 aliphatic heterocycles. The fourth-order valence-corrected chi connectivity index (χ4v) is 3.31. The van der Waals surface area contributed by atoms with Crippen LogP contribution in [0.25, 0.3) is 0 Å². The van der Waals surface area contributed by atoms with Gasteiger partial charge in [-0.25, -0.2) is 4.79 Å². The Kier molecular flexibility index (Phi) is 7.08. The minimum absolute atomic E-state index is 0.111. The molecule has 0 bridgehead atoms. The highest BCUT2D eigenvalue weighted by atomic mass is 32.2. The Bertz CT molecular complexity index is 1030. The van der Waals surface area contributed by atoms with Gasteiger partial charge in [0.2, 0.25) is 5.91 Å². The Morgan fingerprint density at radius 3 is 2.57 bits per heavy atom. The van der Waals surface area contributed by atoms with Crippen molar-refractivity contribution in [2.75, 3.05) is 18.2 Å². The Morgan fingerprint density at radius 1 is 1.10 bits per heavy atom. The number of hydrogen-bond acceptors (Lipinski definition) is 7. The molecule has 0 aliphatic rings. The van der Waals surface area contributed by atoms with Crippen molar-refractivity contribution in [3.8, 4) is 5.75 Å². The standard InChI is InChI=1S/C21H22N4O4S/c1-14-8-10-15(11-9-14)29-12-18-23-24-21(25(18)2)30-13-19(26)22-17-7-5-4-6-16(17)20(27)28-3/h4-11H,12-13H2,1-3H3,(H,22,26). The molecule has 0 radical (unpaired) electrons. The number of thioether (sulfide) groups is 1. The van der Waals surface area contributed by atoms with Crippen molar-refractivity contribution in [1.29, 1.82) is 0 Å². The minimum Gasteiger partial charge on any atom is -0.486 e. The zero-order valence-corrected chi connectivity index (χ0v) is 17.7. The van der Waals surface area contributed by atoms with E-state index in [4.69, 9.17) is 9.47 Å². The van der Waals surface area contributed by atoms with Gasteiger partial charge in [-0.05, 0) is 31.2 Å². The van der Waals surface area contributed by atoms with Crippen molar-refractivity contribution >= 4 is 29.3 Å². The lowest BCUT2D eigenvalue weighted by atomic mass is 10.2. The maximum atomic E-state index is 12.3.